The van der Waals surface area contributed by atoms with E-state index < -0.39 is 0 Å². The molecule has 0 amide bonds. The summed E-state index contributed by atoms with van der Waals surface area (Å²) in [5.41, 5.74) is 6.09. The van der Waals surface area contributed by atoms with Gasteiger partial charge in [-0.25, -0.2) is 0 Å². The van der Waals surface area contributed by atoms with Crippen molar-refractivity contribution < 1.29 is 0 Å². The molecular weight excluding hydrogens is 222 g/mol. The Balaban J connectivity index is 2.16. The lowest BCUT2D eigenvalue weighted by molar-refractivity contribution is 0.0973. The second-order valence-corrected chi connectivity index (χ2v) is 6.61. The molecule has 2 N–H and O–H groups in total. The Morgan fingerprint density at radius 3 is 2.28 bits per heavy atom. The van der Waals surface area contributed by atoms with E-state index in [0.717, 1.165) is 12.6 Å². The van der Waals surface area contributed by atoms with Gasteiger partial charge in [-0.1, -0.05) is 20.8 Å². The number of hydrogen-bond acceptors (Lipinski definition) is 3. The Bertz CT molecular complexity index is 220. The summed E-state index contributed by atoms with van der Waals surface area (Å²) in [4.78, 5) is 5.24. The molecule has 1 atom stereocenters. The monoisotopic (exact) mass is 255 g/mol. The molecule has 1 aliphatic heterocycles. The van der Waals surface area contributed by atoms with Gasteiger partial charge in [-0.15, -0.1) is 0 Å². The smallest absolute Gasteiger partial charge is 0.0113 e. The van der Waals surface area contributed by atoms with Gasteiger partial charge >= 0.3 is 0 Å². The number of rotatable bonds is 7. The van der Waals surface area contributed by atoms with Crippen molar-refractivity contribution in [3.63, 3.8) is 0 Å². The van der Waals surface area contributed by atoms with Crippen molar-refractivity contribution in [2.75, 3.05) is 39.3 Å². The highest BCUT2D eigenvalue weighted by Gasteiger charge is 2.20. The summed E-state index contributed by atoms with van der Waals surface area (Å²) >= 11 is 0. The van der Waals surface area contributed by atoms with Crippen LogP contribution >= 0.6 is 0 Å². The largest absolute Gasteiger partial charge is 0.330 e. The lowest BCUT2D eigenvalue weighted by Gasteiger charge is -2.38. The number of piperazine rings is 1. The van der Waals surface area contributed by atoms with E-state index in [1.54, 1.807) is 0 Å². The topological polar surface area (TPSA) is 32.5 Å². The molecule has 0 aromatic carbocycles. The molecule has 0 aromatic heterocycles. The summed E-state index contributed by atoms with van der Waals surface area (Å²) in [5.74, 6) is 0. The highest BCUT2D eigenvalue weighted by molar-refractivity contribution is 4.76. The van der Waals surface area contributed by atoms with Crippen LogP contribution in [0.4, 0.5) is 0 Å². The van der Waals surface area contributed by atoms with Gasteiger partial charge in [-0.2, -0.15) is 0 Å². The summed E-state index contributed by atoms with van der Waals surface area (Å²) < 4.78 is 0. The normalized spacial score (nSPS) is 21.2. The van der Waals surface area contributed by atoms with Gasteiger partial charge in [0.05, 0.1) is 0 Å². The highest BCUT2D eigenvalue weighted by atomic mass is 15.3. The molecule has 0 aliphatic carbocycles. The van der Waals surface area contributed by atoms with Gasteiger partial charge in [-0.3, -0.25) is 4.90 Å². The second-order valence-electron chi connectivity index (χ2n) is 6.61. The fraction of sp³-hybridized carbons (Fsp3) is 1.00. The van der Waals surface area contributed by atoms with Gasteiger partial charge in [0.15, 0.2) is 0 Å². The summed E-state index contributed by atoms with van der Waals surface area (Å²) in [6.07, 6.45) is 3.80. The van der Waals surface area contributed by atoms with Crippen LogP contribution in [-0.4, -0.2) is 55.1 Å². The first-order valence-corrected chi connectivity index (χ1v) is 7.65. The van der Waals surface area contributed by atoms with Crippen molar-refractivity contribution in [3.8, 4) is 0 Å². The Hall–Kier alpha value is -0.120. The Morgan fingerprint density at radius 1 is 1.17 bits per heavy atom. The second kappa shape index (κ2) is 7.46. The van der Waals surface area contributed by atoms with E-state index >= 15 is 0 Å². The molecule has 0 bridgehead atoms. The van der Waals surface area contributed by atoms with Crippen LogP contribution in [0.2, 0.25) is 0 Å². The highest BCUT2D eigenvalue weighted by Crippen LogP contribution is 2.20. The maximum Gasteiger partial charge on any atom is 0.0113 e. The molecule has 0 saturated carbocycles. The van der Waals surface area contributed by atoms with Crippen LogP contribution in [0.15, 0.2) is 0 Å². The molecule has 3 heteroatoms. The first-order valence-electron chi connectivity index (χ1n) is 7.65. The van der Waals surface area contributed by atoms with Gasteiger partial charge < -0.3 is 10.6 Å². The predicted octanol–water partition coefficient (Wildman–Crippen LogP) is 2.17. The maximum atomic E-state index is 5.77. The molecule has 1 heterocycles. The molecule has 108 valence electrons. The fourth-order valence-electron chi connectivity index (χ4n) is 2.57. The van der Waals surface area contributed by atoms with E-state index in [0.29, 0.717) is 5.41 Å². The average molecular weight is 255 g/mol. The molecule has 1 rings (SSSR count). The first-order chi connectivity index (χ1) is 8.48. The molecule has 0 aromatic rings. The Morgan fingerprint density at radius 2 is 1.78 bits per heavy atom. The third-order valence-electron chi connectivity index (χ3n) is 4.50. The van der Waals surface area contributed by atoms with Crippen molar-refractivity contribution in [2.24, 2.45) is 11.1 Å². The molecule has 1 aliphatic rings. The lowest BCUT2D eigenvalue weighted by atomic mass is 9.88. The number of nitrogens with zero attached hydrogens (tertiary/aromatic N) is 2. The van der Waals surface area contributed by atoms with Crippen LogP contribution < -0.4 is 5.73 Å². The summed E-state index contributed by atoms with van der Waals surface area (Å²) in [5, 5.41) is 0. The summed E-state index contributed by atoms with van der Waals surface area (Å²) in [6.45, 7) is 16.2. The van der Waals surface area contributed by atoms with Crippen molar-refractivity contribution >= 4 is 0 Å². The standard InChI is InChI=1S/C15H33N3/c1-5-14(2)18-11-9-17(10-12-18)8-6-7-15(3,4)13-16/h14H,5-13,16H2,1-4H3. The SMILES string of the molecule is CCC(C)N1CCN(CCCC(C)(C)CN)CC1. The maximum absolute atomic E-state index is 5.77. The minimum Gasteiger partial charge on any atom is -0.330 e. The van der Waals surface area contributed by atoms with Gasteiger partial charge in [0.1, 0.15) is 0 Å². The number of nitrogens with two attached hydrogens (primary N) is 1. The minimum absolute atomic E-state index is 0.318. The Kier molecular flexibility index (Phi) is 6.61. The quantitative estimate of drug-likeness (QED) is 0.757. The molecule has 0 radical (unpaired) electrons. The lowest BCUT2D eigenvalue weighted by Crippen LogP contribution is -2.49. The third-order valence-corrected chi connectivity index (χ3v) is 4.50. The van der Waals surface area contributed by atoms with Crippen LogP contribution in [-0.2, 0) is 0 Å². The molecule has 3 nitrogen and oxygen atoms in total. The van der Waals surface area contributed by atoms with E-state index in [2.05, 4.69) is 37.5 Å². The van der Waals surface area contributed by atoms with Gasteiger partial charge in [0.25, 0.3) is 0 Å². The van der Waals surface area contributed by atoms with Gasteiger partial charge in [0.2, 0.25) is 0 Å². The van der Waals surface area contributed by atoms with Crippen LogP contribution in [0.25, 0.3) is 0 Å². The number of hydrogen-bond donors (Lipinski definition) is 1. The van der Waals surface area contributed by atoms with Crippen molar-refractivity contribution in [1.82, 2.24) is 9.80 Å². The molecule has 0 spiro atoms. The third kappa shape index (κ3) is 5.25. The van der Waals surface area contributed by atoms with E-state index in [4.69, 9.17) is 5.73 Å². The van der Waals surface area contributed by atoms with E-state index in [-0.39, 0.29) is 0 Å². The molecular formula is C15H33N3. The van der Waals surface area contributed by atoms with E-state index in [1.165, 1.54) is 52.0 Å². The Labute approximate surface area is 114 Å². The zero-order valence-electron chi connectivity index (χ0n) is 12.9. The van der Waals surface area contributed by atoms with Crippen LogP contribution in [0.1, 0.15) is 47.0 Å². The van der Waals surface area contributed by atoms with Crippen LogP contribution in [0.3, 0.4) is 0 Å². The summed E-state index contributed by atoms with van der Waals surface area (Å²) in [7, 11) is 0. The first kappa shape index (κ1) is 15.9. The zero-order chi connectivity index (χ0) is 13.6. The van der Waals surface area contributed by atoms with Gasteiger partial charge in [-0.05, 0) is 44.7 Å². The fourth-order valence-corrected chi connectivity index (χ4v) is 2.57. The van der Waals surface area contributed by atoms with E-state index in [9.17, 15) is 0 Å². The van der Waals surface area contributed by atoms with Crippen molar-refractivity contribution in [2.45, 2.75) is 53.0 Å². The van der Waals surface area contributed by atoms with Gasteiger partial charge in [0, 0.05) is 32.2 Å². The van der Waals surface area contributed by atoms with E-state index in [1.807, 2.05) is 0 Å². The molecule has 1 saturated heterocycles. The predicted molar refractivity (Wildman–Crippen MR) is 79.8 cm³/mol. The summed E-state index contributed by atoms with van der Waals surface area (Å²) in [6, 6.07) is 0.753. The van der Waals surface area contributed by atoms with Crippen molar-refractivity contribution in [3.05, 3.63) is 0 Å². The van der Waals surface area contributed by atoms with Crippen molar-refractivity contribution in [1.29, 1.82) is 0 Å². The zero-order valence-corrected chi connectivity index (χ0v) is 12.9. The molecule has 18 heavy (non-hydrogen) atoms. The molecule has 1 unspecified atom stereocenters. The van der Waals surface area contributed by atoms with Crippen LogP contribution in [0.5, 0.6) is 0 Å². The van der Waals surface area contributed by atoms with Crippen LogP contribution in [0, 0.1) is 5.41 Å². The minimum atomic E-state index is 0.318. The molecule has 1 fully saturated rings. The average Bonchev–Trinajstić information content (AvgIpc) is 2.38.